The summed E-state index contributed by atoms with van der Waals surface area (Å²) in [6.45, 7) is 3.13. The molecule has 2 heterocycles. The first kappa shape index (κ1) is 21.3. The summed E-state index contributed by atoms with van der Waals surface area (Å²) in [5, 5.41) is 12.9. The molecule has 148 valence electrons. The van der Waals surface area contributed by atoms with Crippen molar-refractivity contribution in [2.75, 3.05) is 33.2 Å². The minimum Gasteiger partial charge on any atom is -0.480 e. The average Bonchev–Trinajstić information content (AvgIpc) is 3.11. The topological polar surface area (TPSA) is 82.7 Å². The van der Waals surface area contributed by atoms with Gasteiger partial charge in [-0.15, -0.1) is 12.4 Å². The van der Waals surface area contributed by atoms with Gasteiger partial charge in [0.1, 0.15) is 0 Å². The number of likely N-dealkylation sites (tertiary alicyclic amines) is 1. The van der Waals surface area contributed by atoms with Gasteiger partial charge in [0.05, 0.1) is 6.54 Å². The van der Waals surface area contributed by atoms with Crippen LogP contribution in [0.3, 0.4) is 0 Å². The summed E-state index contributed by atoms with van der Waals surface area (Å²) in [4.78, 5) is 19.7. The van der Waals surface area contributed by atoms with Crippen LogP contribution in [0.1, 0.15) is 25.2 Å². The number of aromatic nitrogens is 2. The van der Waals surface area contributed by atoms with Crippen molar-refractivity contribution in [1.29, 1.82) is 0 Å². The molecule has 0 spiro atoms. The van der Waals surface area contributed by atoms with Gasteiger partial charge in [-0.2, -0.15) is 4.98 Å². The lowest BCUT2D eigenvalue weighted by atomic mass is 10.0. The number of aryl methyl sites for hydroxylation is 1. The second kappa shape index (κ2) is 10.4. The van der Waals surface area contributed by atoms with E-state index in [9.17, 15) is 4.79 Å². The number of likely N-dealkylation sites (N-methyl/N-ethyl adjacent to an activating group) is 1. The molecular formula is C19H27ClN4O3. The van der Waals surface area contributed by atoms with Crippen molar-refractivity contribution in [3.8, 4) is 11.4 Å². The van der Waals surface area contributed by atoms with Gasteiger partial charge in [0.15, 0.2) is 0 Å². The van der Waals surface area contributed by atoms with E-state index in [0.29, 0.717) is 17.8 Å². The Morgan fingerprint density at radius 1 is 1.30 bits per heavy atom. The second-order valence-corrected chi connectivity index (χ2v) is 6.86. The molecule has 1 N–H and O–H groups in total. The van der Waals surface area contributed by atoms with E-state index in [4.69, 9.17) is 9.63 Å². The summed E-state index contributed by atoms with van der Waals surface area (Å²) in [5.74, 6) is 0.562. The first-order valence-electron chi connectivity index (χ1n) is 9.14. The Morgan fingerprint density at radius 2 is 2.00 bits per heavy atom. The van der Waals surface area contributed by atoms with Crippen molar-refractivity contribution in [2.45, 2.75) is 31.7 Å². The van der Waals surface area contributed by atoms with Crippen LogP contribution in [0.5, 0.6) is 0 Å². The predicted octanol–water partition coefficient (Wildman–Crippen LogP) is 2.57. The lowest BCUT2D eigenvalue weighted by Gasteiger charge is -2.36. The number of piperidine rings is 1. The highest BCUT2D eigenvalue weighted by Gasteiger charge is 2.23. The maximum Gasteiger partial charge on any atom is 0.317 e. The van der Waals surface area contributed by atoms with Crippen molar-refractivity contribution < 1.29 is 14.4 Å². The van der Waals surface area contributed by atoms with Gasteiger partial charge in [-0.1, -0.05) is 35.5 Å². The van der Waals surface area contributed by atoms with Gasteiger partial charge < -0.3 is 14.5 Å². The highest BCUT2D eigenvalue weighted by molar-refractivity contribution is 5.85. The van der Waals surface area contributed by atoms with Crippen molar-refractivity contribution in [2.24, 2.45) is 0 Å². The number of halogens is 1. The van der Waals surface area contributed by atoms with E-state index in [2.05, 4.69) is 15.0 Å². The number of hydrogen-bond acceptors (Lipinski definition) is 6. The van der Waals surface area contributed by atoms with Gasteiger partial charge in [-0.3, -0.25) is 9.69 Å². The fourth-order valence-electron chi connectivity index (χ4n) is 3.44. The van der Waals surface area contributed by atoms with Crippen molar-refractivity contribution >= 4 is 18.4 Å². The van der Waals surface area contributed by atoms with Crippen LogP contribution < -0.4 is 0 Å². The van der Waals surface area contributed by atoms with E-state index in [1.54, 1.807) is 0 Å². The molecule has 1 aliphatic heterocycles. The molecular weight excluding hydrogens is 368 g/mol. The van der Waals surface area contributed by atoms with Crippen LogP contribution in [0.15, 0.2) is 34.9 Å². The first-order valence-corrected chi connectivity index (χ1v) is 9.14. The van der Waals surface area contributed by atoms with Gasteiger partial charge >= 0.3 is 5.97 Å². The normalized spacial score (nSPS) is 15.6. The number of hydrogen-bond donors (Lipinski definition) is 1. The van der Waals surface area contributed by atoms with Gasteiger partial charge in [0, 0.05) is 18.0 Å². The number of rotatable bonds is 8. The standard InChI is InChI=1S/C19H26N4O3.ClH/c1-22(14-18(24)25)16-9-12-23(13-10-16)11-5-8-17-20-19(21-26-17)15-6-3-2-4-7-15;/h2-4,6-7,16H,5,8-14H2,1H3,(H,24,25);1H. The molecule has 1 aliphatic rings. The Bertz CT molecular complexity index is 702. The Hall–Kier alpha value is -1.96. The lowest BCUT2D eigenvalue weighted by molar-refractivity contribution is -0.138. The molecule has 7 nitrogen and oxygen atoms in total. The van der Waals surface area contributed by atoms with Crippen LogP contribution in [-0.2, 0) is 11.2 Å². The van der Waals surface area contributed by atoms with Crippen LogP contribution in [0.2, 0.25) is 0 Å². The molecule has 0 bridgehead atoms. The van der Waals surface area contributed by atoms with Crippen molar-refractivity contribution in [3.05, 3.63) is 36.2 Å². The van der Waals surface area contributed by atoms with Crippen LogP contribution >= 0.6 is 12.4 Å². The van der Waals surface area contributed by atoms with Crippen molar-refractivity contribution in [3.63, 3.8) is 0 Å². The molecule has 0 atom stereocenters. The zero-order valence-electron chi connectivity index (χ0n) is 15.6. The number of nitrogens with zero attached hydrogens (tertiary/aromatic N) is 4. The average molecular weight is 395 g/mol. The lowest BCUT2D eigenvalue weighted by Crippen LogP contribution is -2.45. The molecule has 2 aromatic rings. The highest BCUT2D eigenvalue weighted by atomic mass is 35.5. The summed E-state index contributed by atoms with van der Waals surface area (Å²) in [6.07, 6.45) is 3.79. The fourth-order valence-corrected chi connectivity index (χ4v) is 3.44. The van der Waals surface area contributed by atoms with Crippen LogP contribution in [0.4, 0.5) is 0 Å². The molecule has 8 heteroatoms. The van der Waals surface area contributed by atoms with Gasteiger partial charge in [0.25, 0.3) is 0 Å². The maximum atomic E-state index is 10.8. The summed E-state index contributed by atoms with van der Waals surface area (Å²) in [6, 6.07) is 10.2. The zero-order valence-corrected chi connectivity index (χ0v) is 16.4. The number of aliphatic carboxylic acids is 1. The number of carboxylic acid groups (broad SMARTS) is 1. The Labute approximate surface area is 165 Å². The Morgan fingerprint density at radius 3 is 2.67 bits per heavy atom. The molecule has 1 aromatic carbocycles. The Kier molecular flexibility index (Phi) is 8.22. The molecule has 1 aromatic heterocycles. The van der Waals surface area contributed by atoms with Crippen molar-refractivity contribution in [1.82, 2.24) is 19.9 Å². The third kappa shape index (κ3) is 6.30. The molecule has 0 radical (unpaired) electrons. The predicted molar refractivity (Wildman–Crippen MR) is 105 cm³/mol. The summed E-state index contributed by atoms with van der Waals surface area (Å²) in [7, 11) is 1.90. The van der Waals surface area contributed by atoms with Crippen LogP contribution in [-0.4, -0.2) is 70.3 Å². The molecule has 0 amide bonds. The quantitative estimate of drug-likeness (QED) is 0.736. The van der Waals surface area contributed by atoms with E-state index in [0.717, 1.165) is 50.9 Å². The number of carbonyl (C=O) groups is 1. The van der Waals surface area contributed by atoms with E-state index < -0.39 is 5.97 Å². The third-order valence-electron chi connectivity index (χ3n) is 4.93. The van der Waals surface area contributed by atoms with E-state index in [1.807, 2.05) is 42.3 Å². The second-order valence-electron chi connectivity index (χ2n) is 6.86. The first-order chi connectivity index (χ1) is 12.6. The smallest absolute Gasteiger partial charge is 0.317 e. The minimum atomic E-state index is -0.760. The molecule has 3 rings (SSSR count). The van der Waals surface area contributed by atoms with Gasteiger partial charge in [0.2, 0.25) is 11.7 Å². The molecule has 0 aliphatic carbocycles. The molecule has 0 saturated carbocycles. The van der Waals surface area contributed by atoms with E-state index in [-0.39, 0.29) is 19.0 Å². The fraction of sp³-hybridized carbons (Fsp3) is 0.526. The SMILES string of the molecule is CN(CC(=O)O)C1CCN(CCCc2nc(-c3ccccc3)no2)CC1.Cl. The highest BCUT2D eigenvalue weighted by Crippen LogP contribution is 2.17. The van der Waals surface area contributed by atoms with Gasteiger partial charge in [-0.05, 0) is 45.9 Å². The minimum absolute atomic E-state index is 0. The molecule has 1 fully saturated rings. The van der Waals surface area contributed by atoms with E-state index in [1.165, 1.54) is 0 Å². The largest absolute Gasteiger partial charge is 0.480 e. The monoisotopic (exact) mass is 394 g/mol. The molecule has 1 saturated heterocycles. The Balaban J connectivity index is 0.00000261. The van der Waals surface area contributed by atoms with Gasteiger partial charge in [-0.25, -0.2) is 0 Å². The number of benzene rings is 1. The zero-order chi connectivity index (χ0) is 18.4. The van der Waals surface area contributed by atoms with Crippen LogP contribution in [0, 0.1) is 0 Å². The van der Waals surface area contributed by atoms with E-state index >= 15 is 0 Å². The number of carboxylic acids is 1. The summed E-state index contributed by atoms with van der Waals surface area (Å²) >= 11 is 0. The summed E-state index contributed by atoms with van der Waals surface area (Å²) < 4.78 is 5.35. The molecule has 0 unspecified atom stereocenters. The summed E-state index contributed by atoms with van der Waals surface area (Å²) in [5.41, 5.74) is 0.968. The molecule has 27 heavy (non-hydrogen) atoms. The third-order valence-corrected chi connectivity index (χ3v) is 4.93. The maximum absolute atomic E-state index is 10.8. The van der Waals surface area contributed by atoms with Crippen LogP contribution in [0.25, 0.3) is 11.4 Å².